The number of carbonyl (C=O) groups excluding carboxylic acids is 1. The van der Waals surface area contributed by atoms with Crippen molar-refractivity contribution in [1.82, 2.24) is 10.3 Å². The van der Waals surface area contributed by atoms with Crippen molar-refractivity contribution in [3.05, 3.63) is 46.1 Å². The van der Waals surface area contributed by atoms with Crippen molar-refractivity contribution in [3.8, 4) is 0 Å². The quantitative estimate of drug-likeness (QED) is 0.565. The van der Waals surface area contributed by atoms with Crippen LogP contribution in [-0.2, 0) is 0 Å². The number of aliphatic hydroxyl groups is 1. The standard InChI is InChI=1S/C18H23N3O4/c1-3-18(4-2,9-11-22)12-20-17(23)14-7-8-15(21(24)25)13-6-5-10-19-16(13)14/h5-8,10,22H,3-4,9,11-12H2,1-2H3,(H,20,23). The molecule has 2 N–H and O–H groups in total. The van der Waals surface area contributed by atoms with E-state index in [1.54, 1.807) is 12.1 Å². The van der Waals surface area contributed by atoms with E-state index in [0.717, 1.165) is 12.8 Å². The molecule has 1 aromatic carbocycles. The van der Waals surface area contributed by atoms with Crippen LogP contribution in [-0.4, -0.2) is 34.1 Å². The van der Waals surface area contributed by atoms with Gasteiger partial charge in [-0.1, -0.05) is 13.8 Å². The minimum atomic E-state index is -0.480. The second kappa shape index (κ2) is 8.02. The average Bonchev–Trinajstić information content (AvgIpc) is 2.64. The van der Waals surface area contributed by atoms with Crippen molar-refractivity contribution in [1.29, 1.82) is 0 Å². The van der Waals surface area contributed by atoms with Crippen LogP contribution in [0.1, 0.15) is 43.5 Å². The first-order valence-electron chi connectivity index (χ1n) is 8.39. The number of amides is 1. The van der Waals surface area contributed by atoms with Gasteiger partial charge < -0.3 is 10.4 Å². The number of rotatable bonds is 8. The molecule has 0 atom stereocenters. The van der Waals surface area contributed by atoms with E-state index in [4.69, 9.17) is 0 Å². The monoisotopic (exact) mass is 345 g/mol. The van der Waals surface area contributed by atoms with Crippen molar-refractivity contribution >= 4 is 22.5 Å². The zero-order valence-electron chi connectivity index (χ0n) is 14.5. The van der Waals surface area contributed by atoms with Gasteiger partial charge in [0.05, 0.1) is 21.4 Å². The van der Waals surface area contributed by atoms with E-state index >= 15 is 0 Å². The Morgan fingerprint density at radius 1 is 1.32 bits per heavy atom. The van der Waals surface area contributed by atoms with Gasteiger partial charge in [0, 0.05) is 25.4 Å². The van der Waals surface area contributed by atoms with Crippen LogP contribution in [0.2, 0.25) is 0 Å². The van der Waals surface area contributed by atoms with Crippen LogP contribution in [0.3, 0.4) is 0 Å². The SMILES string of the molecule is CCC(CC)(CCO)CNC(=O)c1ccc([N+](=O)[O-])c2cccnc12. The van der Waals surface area contributed by atoms with Gasteiger partial charge in [-0.3, -0.25) is 19.9 Å². The van der Waals surface area contributed by atoms with Crippen molar-refractivity contribution in [2.24, 2.45) is 5.41 Å². The number of pyridine rings is 1. The Kier molecular flexibility index (Phi) is 6.03. The number of aliphatic hydroxyl groups excluding tert-OH is 1. The van der Waals surface area contributed by atoms with Crippen LogP contribution in [0.5, 0.6) is 0 Å². The summed E-state index contributed by atoms with van der Waals surface area (Å²) in [5.74, 6) is -0.317. The van der Waals surface area contributed by atoms with Gasteiger partial charge in [0.2, 0.25) is 0 Å². The lowest BCUT2D eigenvalue weighted by Gasteiger charge is -2.31. The summed E-state index contributed by atoms with van der Waals surface area (Å²) >= 11 is 0. The number of hydrogen-bond donors (Lipinski definition) is 2. The number of carbonyl (C=O) groups is 1. The lowest BCUT2D eigenvalue weighted by molar-refractivity contribution is -0.383. The highest BCUT2D eigenvalue weighted by molar-refractivity contribution is 6.07. The van der Waals surface area contributed by atoms with E-state index in [1.165, 1.54) is 18.3 Å². The fourth-order valence-corrected chi connectivity index (χ4v) is 3.04. The number of nitrogens with zero attached hydrogens (tertiary/aromatic N) is 2. The number of nitrogens with one attached hydrogen (secondary N) is 1. The van der Waals surface area contributed by atoms with Gasteiger partial charge in [-0.25, -0.2) is 0 Å². The van der Waals surface area contributed by atoms with Crippen molar-refractivity contribution in [2.75, 3.05) is 13.2 Å². The highest BCUT2D eigenvalue weighted by Gasteiger charge is 2.27. The Hall–Kier alpha value is -2.54. The molecular formula is C18H23N3O4. The molecular weight excluding hydrogens is 322 g/mol. The molecule has 0 saturated carbocycles. The van der Waals surface area contributed by atoms with Gasteiger partial charge in [0.1, 0.15) is 0 Å². The molecule has 1 amide bonds. The second-order valence-electron chi connectivity index (χ2n) is 6.15. The second-order valence-corrected chi connectivity index (χ2v) is 6.15. The molecule has 2 rings (SSSR count). The highest BCUT2D eigenvalue weighted by atomic mass is 16.6. The predicted octanol–water partition coefficient (Wildman–Crippen LogP) is 3.06. The Labute approximate surface area is 146 Å². The normalized spacial score (nSPS) is 11.5. The maximum Gasteiger partial charge on any atom is 0.278 e. The van der Waals surface area contributed by atoms with Gasteiger partial charge in [-0.15, -0.1) is 0 Å². The first kappa shape index (κ1) is 18.8. The zero-order valence-corrected chi connectivity index (χ0v) is 14.5. The third-order valence-electron chi connectivity index (χ3n) is 4.95. The molecule has 7 heteroatoms. The third kappa shape index (κ3) is 3.93. The summed E-state index contributed by atoms with van der Waals surface area (Å²) in [5, 5.41) is 23.7. The lowest BCUT2D eigenvalue weighted by atomic mass is 9.79. The predicted molar refractivity (Wildman–Crippen MR) is 95.4 cm³/mol. The van der Waals surface area contributed by atoms with E-state index in [2.05, 4.69) is 10.3 Å². The number of benzene rings is 1. The molecule has 0 radical (unpaired) electrons. The summed E-state index contributed by atoms with van der Waals surface area (Å²) in [6.07, 6.45) is 3.80. The highest BCUT2D eigenvalue weighted by Crippen LogP contribution is 2.30. The van der Waals surface area contributed by atoms with E-state index in [9.17, 15) is 20.0 Å². The maximum atomic E-state index is 12.6. The Morgan fingerprint density at radius 2 is 2.04 bits per heavy atom. The van der Waals surface area contributed by atoms with E-state index in [1.807, 2.05) is 13.8 Å². The molecule has 0 saturated heterocycles. The van der Waals surface area contributed by atoms with Gasteiger partial charge in [-0.2, -0.15) is 0 Å². The van der Waals surface area contributed by atoms with E-state index < -0.39 is 4.92 Å². The topological polar surface area (TPSA) is 105 Å². The van der Waals surface area contributed by atoms with Gasteiger partial charge in [0.25, 0.3) is 11.6 Å². The zero-order chi connectivity index (χ0) is 18.4. The Balaban J connectivity index is 2.31. The van der Waals surface area contributed by atoms with Crippen molar-refractivity contribution in [3.63, 3.8) is 0 Å². The molecule has 0 aliphatic carbocycles. The smallest absolute Gasteiger partial charge is 0.278 e. The number of nitro benzene ring substituents is 1. The molecule has 25 heavy (non-hydrogen) atoms. The molecule has 0 unspecified atom stereocenters. The maximum absolute atomic E-state index is 12.6. The molecule has 7 nitrogen and oxygen atoms in total. The van der Waals surface area contributed by atoms with Gasteiger partial charge >= 0.3 is 0 Å². The molecule has 1 heterocycles. The molecule has 2 aromatic rings. The fraction of sp³-hybridized carbons (Fsp3) is 0.444. The van der Waals surface area contributed by atoms with Crippen LogP contribution >= 0.6 is 0 Å². The minimum absolute atomic E-state index is 0.0690. The largest absolute Gasteiger partial charge is 0.396 e. The lowest BCUT2D eigenvalue weighted by Crippen LogP contribution is -2.37. The Morgan fingerprint density at radius 3 is 2.64 bits per heavy atom. The number of fused-ring (bicyclic) bond motifs is 1. The summed E-state index contributed by atoms with van der Waals surface area (Å²) in [5.41, 5.74) is 0.395. The minimum Gasteiger partial charge on any atom is -0.396 e. The summed E-state index contributed by atoms with van der Waals surface area (Å²) in [4.78, 5) is 27.5. The number of aromatic nitrogens is 1. The number of non-ortho nitro benzene ring substituents is 1. The van der Waals surface area contributed by atoms with Gasteiger partial charge in [0.15, 0.2) is 0 Å². The number of nitro groups is 1. The van der Waals surface area contributed by atoms with E-state index in [-0.39, 0.29) is 23.6 Å². The first-order valence-corrected chi connectivity index (χ1v) is 8.39. The van der Waals surface area contributed by atoms with Crippen LogP contribution in [0.15, 0.2) is 30.5 Å². The van der Waals surface area contributed by atoms with Crippen molar-refractivity contribution in [2.45, 2.75) is 33.1 Å². The average molecular weight is 345 g/mol. The molecule has 1 aromatic heterocycles. The van der Waals surface area contributed by atoms with E-state index in [0.29, 0.717) is 29.4 Å². The molecule has 0 aliphatic rings. The van der Waals surface area contributed by atoms with Crippen LogP contribution in [0.25, 0.3) is 10.9 Å². The van der Waals surface area contributed by atoms with Crippen molar-refractivity contribution < 1.29 is 14.8 Å². The molecule has 134 valence electrons. The molecule has 0 aliphatic heterocycles. The number of hydrogen-bond acceptors (Lipinski definition) is 5. The molecule has 0 bridgehead atoms. The summed E-state index contributed by atoms with van der Waals surface area (Å²) < 4.78 is 0. The summed E-state index contributed by atoms with van der Waals surface area (Å²) in [6, 6.07) is 5.97. The fourth-order valence-electron chi connectivity index (χ4n) is 3.04. The Bertz CT molecular complexity index is 772. The summed E-state index contributed by atoms with van der Waals surface area (Å²) in [6.45, 7) is 4.58. The summed E-state index contributed by atoms with van der Waals surface area (Å²) in [7, 11) is 0. The first-order chi connectivity index (χ1) is 12.0. The van der Waals surface area contributed by atoms with Crippen LogP contribution < -0.4 is 5.32 Å². The van der Waals surface area contributed by atoms with Crippen LogP contribution in [0, 0.1) is 15.5 Å². The van der Waals surface area contributed by atoms with Crippen LogP contribution in [0.4, 0.5) is 5.69 Å². The van der Waals surface area contributed by atoms with Gasteiger partial charge in [-0.05, 0) is 42.9 Å². The molecule has 0 spiro atoms. The third-order valence-corrected chi connectivity index (χ3v) is 4.95. The molecule has 0 fully saturated rings.